The molecule has 3 rings (SSSR count). The molecule has 0 atom stereocenters. The zero-order valence-corrected chi connectivity index (χ0v) is 17.4. The molecule has 1 amide bonds. The Morgan fingerprint density at radius 3 is 2.55 bits per heavy atom. The first-order chi connectivity index (χ1) is 14.6. The van der Waals surface area contributed by atoms with Crippen LogP contribution in [0.4, 0.5) is 18.9 Å². The monoisotopic (exact) mass is 458 g/mol. The van der Waals surface area contributed by atoms with E-state index in [9.17, 15) is 26.4 Å². The average molecular weight is 458 g/mol. The summed E-state index contributed by atoms with van der Waals surface area (Å²) in [5, 5.41) is 2.51. The highest BCUT2D eigenvalue weighted by Gasteiger charge is 2.31. The summed E-state index contributed by atoms with van der Waals surface area (Å²) in [5.41, 5.74) is -0.137. The summed E-state index contributed by atoms with van der Waals surface area (Å²) in [6, 6.07) is 8.64. The van der Waals surface area contributed by atoms with Crippen molar-refractivity contribution < 1.29 is 35.9 Å². The molecule has 0 aliphatic carbocycles. The standard InChI is InChI=1S/C20H21F3N2O5S/c1-14-5-6-16(12-18(14)31(27,28)25-7-9-29-10-8-25)24-19(26)13-30-17-4-2-3-15(11-17)20(21,22)23/h2-6,11-12H,7-10,13H2,1H3,(H,24,26). The maximum Gasteiger partial charge on any atom is 0.416 e. The van der Waals surface area contributed by atoms with Crippen molar-refractivity contribution in [1.29, 1.82) is 0 Å². The third-order valence-corrected chi connectivity index (χ3v) is 6.63. The van der Waals surface area contributed by atoms with Crippen LogP contribution in [0.5, 0.6) is 5.75 Å². The lowest BCUT2D eigenvalue weighted by Gasteiger charge is -2.26. The minimum absolute atomic E-state index is 0.0611. The number of halogens is 3. The summed E-state index contributed by atoms with van der Waals surface area (Å²) in [4.78, 5) is 12.2. The number of nitrogens with zero attached hydrogens (tertiary/aromatic N) is 1. The van der Waals surface area contributed by atoms with Gasteiger partial charge in [0.15, 0.2) is 6.61 Å². The summed E-state index contributed by atoms with van der Waals surface area (Å²) >= 11 is 0. The maximum absolute atomic E-state index is 12.9. The van der Waals surface area contributed by atoms with Crippen molar-refractivity contribution >= 4 is 21.6 Å². The van der Waals surface area contributed by atoms with E-state index in [1.807, 2.05) is 0 Å². The fourth-order valence-electron chi connectivity index (χ4n) is 2.99. The smallest absolute Gasteiger partial charge is 0.416 e. The molecule has 0 saturated carbocycles. The first kappa shape index (κ1) is 23.0. The lowest BCUT2D eigenvalue weighted by molar-refractivity contribution is -0.137. The van der Waals surface area contributed by atoms with Crippen molar-refractivity contribution in [1.82, 2.24) is 4.31 Å². The number of carbonyl (C=O) groups excluding carboxylic acids is 1. The Kier molecular flexibility index (Phi) is 6.87. The van der Waals surface area contributed by atoms with Crippen LogP contribution in [0.25, 0.3) is 0 Å². The Hall–Kier alpha value is -2.63. The molecule has 2 aromatic rings. The SMILES string of the molecule is Cc1ccc(NC(=O)COc2cccc(C(F)(F)F)c2)cc1S(=O)(=O)N1CCOCC1. The number of morpholine rings is 1. The van der Waals surface area contributed by atoms with Crippen molar-refractivity contribution in [3.63, 3.8) is 0 Å². The highest BCUT2D eigenvalue weighted by Crippen LogP contribution is 2.31. The molecule has 168 valence electrons. The highest BCUT2D eigenvalue weighted by molar-refractivity contribution is 7.89. The van der Waals surface area contributed by atoms with Gasteiger partial charge in [-0.05, 0) is 42.8 Å². The van der Waals surface area contributed by atoms with Crippen LogP contribution in [0.3, 0.4) is 0 Å². The van der Waals surface area contributed by atoms with Gasteiger partial charge in [0.25, 0.3) is 5.91 Å². The van der Waals surface area contributed by atoms with Crippen molar-refractivity contribution in [2.75, 3.05) is 38.2 Å². The number of benzene rings is 2. The number of amides is 1. The van der Waals surface area contributed by atoms with Crippen LogP contribution in [0.1, 0.15) is 11.1 Å². The van der Waals surface area contributed by atoms with Gasteiger partial charge in [-0.3, -0.25) is 4.79 Å². The predicted molar refractivity (Wildman–Crippen MR) is 106 cm³/mol. The molecule has 31 heavy (non-hydrogen) atoms. The summed E-state index contributed by atoms with van der Waals surface area (Å²) in [7, 11) is -3.76. The van der Waals surface area contributed by atoms with Gasteiger partial charge in [-0.1, -0.05) is 12.1 Å². The molecule has 1 N–H and O–H groups in total. The van der Waals surface area contributed by atoms with Gasteiger partial charge >= 0.3 is 6.18 Å². The Bertz CT molecular complexity index is 1050. The van der Waals surface area contributed by atoms with E-state index in [1.165, 1.54) is 28.6 Å². The van der Waals surface area contributed by atoms with E-state index in [0.29, 0.717) is 18.8 Å². The molecule has 0 bridgehead atoms. The number of anilines is 1. The topological polar surface area (TPSA) is 84.9 Å². The molecule has 1 fully saturated rings. The van der Waals surface area contributed by atoms with Crippen LogP contribution >= 0.6 is 0 Å². The van der Waals surface area contributed by atoms with E-state index in [4.69, 9.17) is 9.47 Å². The van der Waals surface area contributed by atoms with Crippen LogP contribution in [0.15, 0.2) is 47.4 Å². The molecule has 1 aliphatic rings. The van der Waals surface area contributed by atoms with Gasteiger partial charge in [-0.25, -0.2) is 8.42 Å². The van der Waals surface area contributed by atoms with Gasteiger partial charge in [0.1, 0.15) is 5.75 Å². The van der Waals surface area contributed by atoms with E-state index in [-0.39, 0.29) is 29.4 Å². The molecule has 0 aromatic heterocycles. The Balaban J connectivity index is 1.68. The van der Waals surface area contributed by atoms with Crippen LogP contribution < -0.4 is 10.1 Å². The van der Waals surface area contributed by atoms with Gasteiger partial charge in [-0.2, -0.15) is 17.5 Å². The molecular weight excluding hydrogens is 437 g/mol. The average Bonchev–Trinajstić information content (AvgIpc) is 2.74. The summed E-state index contributed by atoms with van der Waals surface area (Å²) in [5.74, 6) is -0.750. The number of rotatable bonds is 6. The lowest BCUT2D eigenvalue weighted by Crippen LogP contribution is -2.40. The summed E-state index contributed by atoms with van der Waals surface area (Å²) < 4.78 is 75.8. The second-order valence-corrected chi connectivity index (χ2v) is 8.77. The van der Waals surface area contributed by atoms with Gasteiger partial charge in [0, 0.05) is 18.8 Å². The van der Waals surface area contributed by atoms with Crippen molar-refractivity contribution in [2.24, 2.45) is 0 Å². The van der Waals surface area contributed by atoms with E-state index >= 15 is 0 Å². The van der Waals surface area contributed by atoms with Gasteiger partial charge < -0.3 is 14.8 Å². The number of hydrogen-bond acceptors (Lipinski definition) is 5. The molecule has 2 aromatic carbocycles. The minimum Gasteiger partial charge on any atom is -0.484 e. The van der Waals surface area contributed by atoms with Crippen LogP contribution in [0, 0.1) is 6.92 Å². The van der Waals surface area contributed by atoms with Gasteiger partial charge in [-0.15, -0.1) is 0 Å². The van der Waals surface area contributed by atoms with Crippen molar-refractivity contribution in [3.8, 4) is 5.75 Å². The largest absolute Gasteiger partial charge is 0.484 e. The van der Waals surface area contributed by atoms with Crippen LogP contribution in [-0.2, 0) is 25.7 Å². The number of aryl methyl sites for hydroxylation is 1. The fourth-order valence-corrected chi connectivity index (χ4v) is 4.65. The third-order valence-electron chi connectivity index (χ3n) is 4.59. The molecule has 0 spiro atoms. The number of carbonyl (C=O) groups is 1. The Morgan fingerprint density at radius 2 is 1.87 bits per heavy atom. The molecule has 1 aliphatic heterocycles. The normalized spacial score (nSPS) is 15.5. The Morgan fingerprint density at radius 1 is 1.16 bits per heavy atom. The first-order valence-corrected chi connectivity index (χ1v) is 10.8. The number of nitrogens with one attached hydrogen (secondary N) is 1. The predicted octanol–water partition coefficient (Wildman–Crippen LogP) is 3.05. The van der Waals surface area contributed by atoms with Gasteiger partial charge in [0.2, 0.25) is 10.0 Å². The molecule has 11 heteroatoms. The van der Waals surface area contributed by atoms with E-state index in [2.05, 4.69) is 5.32 Å². The second-order valence-electron chi connectivity index (χ2n) is 6.86. The van der Waals surface area contributed by atoms with Crippen molar-refractivity contribution in [3.05, 3.63) is 53.6 Å². The fraction of sp³-hybridized carbons (Fsp3) is 0.350. The van der Waals surface area contributed by atoms with Crippen LogP contribution in [0.2, 0.25) is 0 Å². The Labute approximate surface area is 177 Å². The molecule has 1 heterocycles. The molecule has 1 saturated heterocycles. The quantitative estimate of drug-likeness (QED) is 0.719. The first-order valence-electron chi connectivity index (χ1n) is 9.36. The maximum atomic E-state index is 12.9. The molecule has 0 unspecified atom stereocenters. The summed E-state index contributed by atoms with van der Waals surface area (Å²) in [6.45, 7) is 2.20. The number of alkyl halides is 3. The van der Waals surface area contributed by atoms with E-state index in [1.54, 1.807) is 13.0 Å². The van der Waals surface area contributed by atoms with Gasteiger partial charge in [0.05, 0.1) is 23.7 Å². The zero-order chi connectivity index (χ0) is 22.6. The minimum atomic E-state index is -4.52. The van der Waals surface area contributed by atoms with E-state index < -0.39 is 34.3 Å². The van der Waals surface area contributed by atoms with E-state index in [0.717, 1.165) is 12.1 Å². The third kappa shape index (κ3) is 5.75. The number of hydrogen-bond donors (Lipinski definition) is 1. The number of ether oxygens (including phenoxy) is 2. The van der Waals surface area contributed by atoms with Crippen LogP contribution in [-0.4, -0.2) is 51.5 Å². The molecule has 0 radical (unpaired) electrons. The van der Waals surface area contributed by atoms with Crippen molar-refractivity contribution in [2.45, 2.75) is 18.0 Å². The second kappa shape index (κ2) is 9.25. The lowest BCUT2D eigenvalue weighted by atomic mass is 10.2. The molecule has 7 nitrogen and oxygen atoms in total. The number of sulfonamides is 1. The zero-order valence-electron chi connectivity index (χ0n) is 16.6. The summed E-state index contributed by atoms with van der Waals surface area (Å²) in [6.07, 6.45) is -4.52. The highest BCUT2D eigenvalue weighted by atomic mass is 32.2. The molecular formula is C20H21F3N2O5S.